The molecule has 116 valence electrons. The van der Waals surface area contributed by atoms with Crippen molar-refractivity contribution < 1.29 is 9.53 Å². The number of carbonyl (C=O) groups excluding carboxylic acids is 1. The first-order valence-corrected chi connectivity index (χ1v) is 7.51. The van der Waals surface area contributed by atoms with E-state index in [2.05, 4.69) is 31.2 Å². The second-order valence-electron chi connectivity index (χ2n) is 5.58. The van der Waals surface area contributed by atoms with E-state index < -0.39 is 0 Å². The van der Waals surface area contributed by atoms with Crippen LogP contribution in [0.3, 0.4) is 0 Å². The minimum absolute atomic E-state index is 0.136. The van der Waals surface area contributed by atoms with Crippen molar-refractivity contribution in [2.24, 2.45) is 0 Å². The van der Waals surface area contributed by atoms with Crippen LogP contribution in [0.25, 0.3) is 0 Å². The highest BCUT2D eigenvalue weighted by Gasteiger charge is 2.09. The molecule has 2 aromatic carbocycles. The SMILES string of the molecule is COc1ccc(CC(=O)N(C)CCc2ccc(C)cc2)cc1. The molecule has 0 fully saturated rings. The van der Waals surface area contributed by atoms with Gasteiger partial charge in [0.15, 0.2) is 0 Å². The fourth-order valence-corrected chi connectivity index (χ4v) is 2.23. The molecule has 3 nitrogen and oxygen atoms in total. The van der Waals surface area contributed by atoms with Gasteiger partial charge >= 0.3 is 0 Å². The summed E-state index contributed by atoms with van der Waals surface area (Å²) in [4.78, 5) is 14.0. The van der Waals surface area contributed by atoms with Crippen molar-refractivity contribution in [3.8, 4) is 5.75 Å². The molecule has 0 heterocycles. The van der Waals surface area contributed by atoms with Gasteiger partial charge in [0.05, 0.1) is 13.5 Å². The van der Waals surface area contributed by atoms with E-state index in [1.807, 2.05) is 31.3 Å². The highest BCUT2D eigenvalue weighted by Crippen LogP contribution is 2.12. The summed E-state index contributed by atoms with van der Waals surface area (Å²) >= 11 is 0. The Bertz CT molecular complexity index is 602. The molecule has 1 amide bonds. The minimum atomic E-state index is 0.136. The highest BCUT2D eigenvalue weighted by molar-refractivity contribution is 5.78. The molecule has 2 aromatic rings. The molecule has 0 aliphatic carbocycles. The van der Waals surface area contributed by atoms with Crippen molar-refractivity contribution in [3.63, 3.8) is 0 Å². The lowest BCUT2D eigenvalue weighted by atomic mass is 10.1. The molecule has 0 unspecified atom stereocenters. The van der Waals surface area contributed by atoms with Gasteiger partial charge in [-0.25, -0.2) is 0 Å². The van der Waals surface area contributed by atoms with Crippen molar-refractivity contribution >= 4 is 5.91 Å². The van der Waals surface area contributed by atoms with Gasteiger partial charge in [0, 0.05) is 13.6 Å². The maximum absolute atomic E-state index is 12.2. The van der Waals surface area contributed by atoms with Crippen molar-refractivity contribution in [2.45, 2.75) is 19.8 Å². The molecule has 0 aromatic heterocycles. The summed E-state index contributed by atoms with van der Waals surface area (Å²) in [5, 5.41) is 0. The van der Waals surface area contributed by atoms with E-state index in [-0.39, 0.29) is 5.91 Å². The standard InChI is InChI=1S/C19H23NO2/c1-15-4-6-16(7-5-15)12-13-20(2)19(21)14-17-8-10-18(22-3)11-9-17/h4-11H,12-14H2,1-3H3. The topological polar surface area (TPSA) is 29.5 Å². The van der Waals surface area contributed by atoms with Crippen LogP contribution in [0.4, 0.5) is 0 Å². The fourth-order valence-electron chi connectivity index (χ4n) is 2.23. The molecule has 0 saturated heterocycles. The average Bonchev–Trinajstić information content (AvgIpc) is 2.54. The number of carbonyl (C=O) groups is 1. The third-order valence-electron chi connectivity index (χ3n) is 3.80. The molecule has 3 heteroatoms. The van der Waals surface area contributed by atoms with Gasteiger partial charge in [-0.1, -0.05) is 42.0 Å². The Morgan fingerprint density at radius 3 is 2.18 bits per heavy atom. The number of likely N-dealkylation sites (N-methyl/N-ethyl adjacent to an activating group) is 1. The van der Waals surface area contributed by atoms with Gasteiger partial charge in [-0.2, -0.15) is 0 Å². The first-order valence-electron chi connectivity index (χ1n) is 7.51. The second-order valence-corrected chi connectivity index (χ2v) is 5.58. The molecule has 0 spiro atoms. The van der Waals surface area contributed by atoms with Crippen LogP contribution in [-0.2, 0) is 17.6 Å². The summed E-state index contributed by atoms with van der Waals surface area (Å²) in [6.07, 6.45) is 1.31. The van der Waals surface area contributed by atoms with E-state index in [1.165, 1.54) is 11.1 Å². The van der Waals surface area contributed by atoms with Gasteiger partial charge in [0.2, 0.25) is 5.91 Å². The third-order valence-corrected chi connectivity index (χ3v) is 3.80. The van der Waals surface area contributed by atoms with Gasteiger partial charge in [0.25, 0.3) is 0 Å². The summed E-state index contributed by atoms with van der Waals surface area (Å²) in [6.45, 7) is 2.81. The van der Waals surface area contributed by atoms with Crippen molar-refractivity contribution in [2.75, 3.05) is 20.7 Å². The van der Waals surface area contributed by atoms with Crippen LogP contribution < -0.4 is 4.74 Å². The highest BCUT2D eigenvalue weighted by atomic mass is 16.5. The average molecular weight is 297 g/mol. The number of nitrogens with zero attached hydrogens (tertiary/aromatic N) is 1. The van der Waals surface area contributed by atoms with Crippen molar-refractivity contribution in [1.29, 1.82) is 0 Å². The summed E-state index contributed by atoms with van der Waals surface area (Å²) in [7, 11) is 3.50. The van der Waals surface area contributed by atoms with Gasteiger partial charge < -0.3 is 9.64 Å². The Balaban J connectivity index is 1.84. The van der Waals surface area contributed by atoms with E-state index in [0.29, 0.717) is 6.42 Å². The zero-order valence-corrected chi connectivity index (χ0v) is 13.5. The maximum atomic E-state index is 12.2. The van der Waals surface area contributed by atoms with Crippen LogP contribution >= 0.6 is 0 Å². The van der Waals surface area contributed by atoms with Crippen LogP contribution in [0.5, 0.6) is 5.75 Å². The Kier molecular flexibility index (Phi) is 5.59. The number of rotatable bonds is 6. The predicted molar refractivity (Wildman–Crippen MR) is 89.2 cm³/mol. The lowest BCUT2D eigenvalue weighted by molar-refractivity contribution is -0.129. The summed E-state index contributed by atoms with van der Waals surface area (Å²) in [6, 6.07) is 16.1. The fraction of sp³-hybridized carbons (Fsp3) is 0.316. The molecule has 0 bridgehead atoms. The van der Waals surface area contributed by atoms with E-state index >= 15 is 0 Å². The number of methoxy groups -OCH3 is 1. The number of benzene rings is 2. The van der Waals surface area contributed by atoms with Crippen LogP contribution in [0.1, 0.15) is 16.7 Å². The largest absolute Gasteiger partial charge is 0.497 e. The molecule has 0 atom stereocenters. The van der Waals surface area contributed by atoms with Crippen molar-refractivity contribution in [1.82, 2.24) is 4.90 Å². The molecule has 0 N–H and O–H groups in total. The third kappa shape index (κ3) is 4.62. The summed E-state index contributed by atoms with van der Waals surface area (Å²) in [5.41, 5.74) is 3.52. The first-order chi connectivity index (χ1) is 10.6. The number of hydrogen-bond donors (Lipinski definition) is 0. The van der Waals surface area contributed by atoms with Gasteiger partial charge in [0.1, 0.15) is 5.75 Å². The monoisotopic (exact) mass is 297 g/mol. The molecule has 0 radical (unpaired) electrons. The molecule has 0 saturated carbocycles. The maximum Gasteiger partial charge on any atom is 0.226 e. The number of amides is 1. The zero-order valence-electron chi connectivity index (χ0n) is 13.5. The normalized spacial score (nSPS) is 10.3. The smallest absolute Gasteiger partial charge is 0.226 e. The summed E-state index contributed by atoms with van der Waals surface area (Å²) < 4.78 is 5.12. The zero-order chi connectivity index (χ0) is 15.9. The van der Waals surface area contributed by atoms with Gasteiger partial charge in [-0.05, 0) is 36.6 Å². The van der Waals surface area contributed by atoms with Crippen molar-refractivity contribution in [3.05, 3.63) is 65.2 Å². The minimum Gasteiger partial charge on any atom is -0.497 e. The van der Waals surface area contributed by atoms with Gasteiger partial charge in [-0.15, -0.1) is 0 Å². The van der Waals surface area contributed by atoms with Crippen LogP contribution in [0.2, 0.25) is 0 Å². The Labute approximate surface area is 132 Å². The molecule has 22 heavy (non-hydrogen) atoms. The molecule has 2 rings (SSSR count). The Morgan fingerprint density at radius 2 is 1.59 bits per heavy atom. The second kappa shape index (κ2) is 7.64. The quantitative estimate of drug-likeness (QED) is 0.819. The Morgan fingerprint density at radius 1 is 1.00 bits per heavy atom. The lowest BCUT2D eigenvalue weighted by Crippen LogP contribution is -2.30. The number of aryl methyl sites for hydroxylation is 1. The molecular formula is C19H23NO2. The van der Waals surface area contributed by atoms with Gasteiger partial charge in [-0.3, -0.25) is 4.79 Å². The van der Waals surface area contributed by atoms with Crippen LogP contribution in [0.15, 0.2) is 48.5 Å². The molecule has 0 aliphatic rings. The van der Waals surface area contributed by atoms with Crippen LogP contribution in [0, 0.1) is 6.92 Å². The number of hydrogen-bond acceptors (Lipinski definition) is 2. The van der Waals surface area contributed by atoms with Crippen LogP contribution in [-0.4, -0.2) is 31.5 Å². The van der Waals surface area contributed by atoms with E-state index in [4.69, 9.17) is 4.74 Å². The van der Waals surface area contributed by atoms with E-state index in [1.54, 1.807) is 12.0 Å². The number of ether oxygens (including phenoxy) is 1. The molecule has 0 aliphatic heterocycles. The van der Waals surface area contributed by atoms with E-state index in [9.17, 15) is 4.79 Å². The molecular weight excluding hydrogens is 274 g/mol. The summed E-state index contributed by atoms with van der Waals surface area (Å²) in [5.74, 6) is 0.946. The first kappa shape index (κ1) is 16.1. The lowest BCUT2D eigenvalue weighted by Gasteiger charge is -2.17. The van der Waals surface area contributed by atoms with E-state index in [0.717, 1.165) is 24.3 Å². The Hall–Kier alpha value is -2.29. The predicted octanol–water partition coefficient (Wildman–Crippen LogP) is 3.25.